The molecule has 0 bridgehead atoms. The van der Waals surface area contributed by atoms with Crippen LogP contribution in [0.5, 0.6) is 0 Å². The molecule has 30 heavy (non-hydrogen) atoms. The predicted octanol–water partition coefficient (Wildman–Crippen LogP) is 5.56. The molecule has 152 valence electrons. The molecule has 5 rings (SSSR count). The van der Waals surface area contributed by atoms with Crippen LogP contribution in [0.2, 0.25) is 0 Å². The zero-order valence-electron chi connectivity index (χ0n) is 16.9. The van der Waals surface area contributed by atoms with Crippen LogP contribution in [0.15, 0.2) is 59.1 Å². The molecule has 4 aromatic rings. The van der Waals surface area contributed by atoms with E-state index in [2.05, 4.69) is 30.1 Å². The number of hydrogen-bond acceptors (Lipinski definition) is 5. The number of oxazole rings is 1. The molecule has 2 aromatic carbocycles. The molecule has 1 atom stereocenters. The van der Waals surface area contributed by atoms with Gasteiger partial charge >= 0.3 is 0 Å². The fourth-order valence-electron chi connectivity index (χ4n) is 3.99. The fourth-order valence-corrected chi connectivity index (χ4v) is 5.10. The highest BCUT2D eigenvalue weighted by Gasteiger charge is 2.32. The first-order valence-corrected chi connectivity index (χ1v) is 11.2. The Bertz CT molecular complexity index is 1150. The number of para-hydroxylation sites is 1. The van der Waals surface area contributed by atoms with Crippen LogP contribution in [0.4, 0.5) is 0 Å². The van der Waals surface area contributed by atoms with Gasteiger partial charge in [-0.1, -0.05) is 42.0 Å². The minimum absolute atomic E-state index is 0.0857. The van der Waals surface area contributed by atoms with Gasteiger partial charge in [-0.25, -0.2) is 9.97 Å². The van der Waals surface area contributed by atoms with E-state index in [1.165, 1.54) is 10.3 Å². The summed E-state index contributed by atoms with van der Waals surface area (Å²) in [6, 6.07) is 16.4. The van der Waals surface area contributed by atoms with Gasteiger partial charge in [0, 0.05) is 24.9 Å². The lowest BCUT2D eigenvalue weighted by atomic mass is 10.1. The monoisotopic (exact) mass is 417 g/mol. The highest BCUT2D eigenvalue weighted by Crippen LogP contribution is 2.36. The number of likely N-dealkylation sites (tertiary alicyclic amines) is 1. The molecule has 0 spiro atoms. The van der Waals surface area contributed by atoms with E-state index in [4.69, 9.17) is 9.40 Å². The van der Waals surface area contributed by atoms with Crippen LogP contribution >= 0.6 is 11.3 Å². The lowest BCUT2D eigenvalue weighted by Crippen LogP contribution is -2.30. The lowest BCUT2D eigenvalue weighted by Gasteiger charge is -2.22. The third-order valence-electron chi connectivity index (χ3n) is 5.61. The Labute approximate surface area is 179 Å². The summed E-state index contributed by atoms with van der Waals surface area (Å²) in [5.74, 6) is 1.49. The summed E-state index contributed by atoms with van der Waals surface area (Å²) in [5, 5.41) is 1.04. The Morgan fingerprint density at radius 2 is 2.03 bits per heavy atom. The number of carbonyl (C=O) groups is 1. The molecule has 2 aromatic heterocycles. The van der Waals surface area contributed by atoms with Crippen molar-refractivity contribution in [2.24, 2.45) is 0 Å². The second-order valence-corrected chi connectivity index (χ2v) is 8.81. The number of hydrogen-bond donors (Lipinski definition) is 0. The summed E-state index contributed by atoms with van der Waals surface area (Å²) in [6.07, 6.45) is 4.64. The van der Waals surface area contributed by atoms with Crippen LogP contribution in [0, 0.1) is 6.92 Å². The molecule has 1 unspecified atom stereocenters. The minimum Gasteiger partial charge on any atom is -0.441 e. The van der Waals surface area contributed by atoms with Crippen molar-refractivity contribution in [1.29, 1.82) is 0 Å². The van der Waals surface area contributed by atoms with Crippen LogP contribution in [0.3, 0.4) is 0 Å². The quantitative estimate of drug-likeness (QED) is 0.427. The maximum absolute atomic E-state index is 13.0. The highest BCUT2D eigenvalue weighted by atomic mass is 32.1. The molecule has 1 aliphatic heterocycles. The van der Waals surface area contributed by atoms with E-state index in [1.54, 1.807) is 17.5 Å². The van der Waals surface area contributed by atoms with E-state index in [-0.39, 0.29) is 11.9 Å². The Kier molecular flexibility index (Phi) is 5.09. The number of nitrogens with zero attached hydrogens (tertiary/aromatic N) is 3. The van der Waals surface area contributed by atoms with Gasteiger partial charge in [0.05, 0.1) is 22.5 Å². The van der Waals surface area contributed by atoms with E-state index >= 15 is 0 Å². The van der Waals surface area contributed by atoms with Gasteiger partial charge in [-0.05, 0) is 31.9 Å². The Morgan fingerprint density at radius 1 is 1.20 bits per heavy atom. The molecule has 1 fully saturated rings. The zero-order valence-corrected chi connectivity index (χ0v) is 17.7. The van der Waals surface area contributed by atoms with Crippen LogP contribution in [0.25, 0.3) is 21.5 Å². The lowest BCUT2D eigenvalue weighted by molar-refractivity contribution is -0.132. The number of carbonyl (C=O) groups excluding carboxylic acids is 1. The predicted molar refractivity (Wildman–Crippen MR) is 118 cm³/mol. The molecule has 1 amide bonds. The molecule has 1 aliphatic rings. The van der Waals surface area contributed by atoms with Gasteiger partial charge in [-0.3, -0.25) is 4.79 Å². The Balaban J connectivity index is 1.25. The maximum Gasteiger partial charge on any atom is 0.223 e. The molecule has 0 aliphatic carbocycles. The topological polar surface area (TPSA) is 59.2 Å². The number of rotatable bonds is 5. The minimum atomic E-state index is 0.0857. The number of aromatic nitrogens is 2. The number of amides is 1. The van der Waals surface area contributed by atoms with Gasteiger partial charge in [0.25, 0.3) is 0 Å². The van der Waals surface area contributed by atoms with Crippen molar-refractivity contribution in [2.75, 3.05) is 6.54 Å². The smallest absolute Gasteiger partial charge is 0.223 e. The van der Waals surface area contributed by atoms with Crippen molar-refractivity contribution in [2.45, 2.75) is 38.6 Å². The summed E-state index contributed by atoms with van der Waals surface area (Å²) in [7, 11) is 0. The Morgan fingerprint density at radius 3 is 2.87 bits per heavy atom. The van der Waals surface area contributed by atoms with Gasteiger partial charge in [-0.15, -0.1) is 11.3 Å². The average molecular weight is 418 g/mol. The normalized spacial score (nSPS) is 16.4. The zero-order chi connectivity index (χ0) is 20.5. The number of aryl methyl sites for hydroxylation is 2. The van der Waals surface area contributed by atoms with Crippen molar-refractivity contribution >= 4 is 27.5 Å². The first-order valence-electron chi connectivity index (χ1n) is 10.3. The molecule has 0 saturated carbocycles. The van der Waals surface area contributed by atoms with Crippen LogP contribution in [-0.2, 0) is 11.2 Å². The van der Waals surface area contributed by atoms with E-state index in [9.17, 15) is 4.79 Å². The summed E-state index contributed by atoms with van der Waals surface area (Å²) >= 11 is 1.70. The van der Waals surface area contributed by atoms with Crippen LogP contribution in [0.1, 0.15) is 41.8 Å². The third kappa shape index (κ3) is 3.75. The molecule has 6 heteroatoms. The molecule has 3 heterocycles. The van der Waals surface area contributed by atoms with E-state index in [0.29, 0.717) is 18.7 Å². The first kappa shape index (κ1) is 19.0. The second-order valence-electron chi connectivity index (χ2n) is 7.75. The van der Waals surface area contributed by atoms with E-state index in [1.807, 2.05) is 35.2 Å². The molecular weight excluding hydrogens is 394 g/mol. The summed E-state index contributed by atoms with van der Waals surface area (Å²) < 4.78 is 7.06. The number of thiazole rings is 1. The van der Waals surface area contributed by atoms with Gasteiger partial charge < -0.3 is 9.32 Å². The molecule has 5 nitrogen and oxygen atoms in total. The van der Waals surface area contributed by atoms with Crippen LogP contribution in [-0.4, -0.2) is 27.3 Å². The highest BCUT2D eigenvalue weighted by molar-refractivity contribution is 7.18. The van der Waals surface area contributed by atoms with Gasteiger partial charge in [0.15, 0.2) is 11.7 Å². The number of benzene rings is 2. The largest absolute Gasteiger partial charge is 0.441 e. The summed E-state index contributed by atoms with van der Waals surface area (Å²) in [4.78, 5) is 24.1. The first-order chi connectivity index (χ1) is 14.7. The standard InChI is InChI=1S/C24H23N3O2S/c1-16-8-10-17(11-9-16)20-15-25-22(29-20)12-13-23(28)27-14-4-6-19(27)24-26-18-5-2-3-7-21(18)30-24/h2-3,5,7-11,15,19H,4,6,12-14H2,1H3. The third-order valence-corrected chi connectivity index (χ3v) is 6.75. The fraction of sp³-hybridized carbons (Fsp3) is 0.292. The van der Waals surface area contributed by atoms with Gasteiger partial charge in [0.1, 0.15) is 5.01 Å². The SMILES string of the molecule is Cc1ccc(-c2cnc(CCC(=O)N3CCCC3c3nc4ccccc4s3)o2)cc1. The molecule has 0 radical (unpaired) electrons. The van der Waals surface area contributed by atoms with E-state index in [0.717, 1.165) is 41.2 Å². The Hall–Kier alpha value is -2.99. The summed E-state index contributed by atoms with van der Waals surface area (Å²) in [5.41, 5.74) is 3.22. The van der Waals surface area contributed by atoms with Crippen molar-refractivity contribution in [3.63, 3.8) is 0 Å². The van der Waals surface area contributed by atoms with Gasteiger partial charge in [0.2, 0.25) is 5.91 Å². The number of fused-ring (bicyclic) bond motifs is 1. The molecular formula is C24H23N3O2S. The van der Waals surface area contributed by atoms with Crippen LogP contribution < -0.4 is 0 Å². The van der Waals surface area contributed by atoms with Crippen molar-refractivity contribution in [3.05, 3.63) is 71.2 Å². The summed E-state index contributed by atoms with van der Waals surface area (Å²) in [6.45, 7) is 2.85. The maximum atomic E-state index is 13.0. The van der Waals surface area contributed by atoms with Gasteiger partial charge in [-0.2, -0.15) is 0 Å². The second kappa shape index (κ2) is 8.03. The van der Waals surface area contributed by atoms with Crippen molar-refractivity contribution < 1.29 is 9.21 Å². The van der Waals surface area contributed by atoms with E-state index < -0.39 is 0 Å². The average Bonchev–Trinajstić information content (AvgIpc) is 3.51. The van der Waals surface area contributed by atoms with Crippen molar-refractivity contribution in [1.82, 2.24) is 14.9 Å². The molecule has 0 N–H and O–H groups in total. The molecule has 1 saturated heterocycles. The van der Waals surface area contributed by atoms with Crippen molar-refractivity contribution in [3.8, 4) is 11.3 Å².